The Morgan fingerprint density at radius 2 is 1.76 bits per heavy atom. The first kappa shape index (κ1) is 13.6. The molecule has 0 aromatic heterocycles. The predicted molar refractivity (Wildman–Crippen MR) is 81.8 cm³/mol. The van der Waals surface area contributed by atoms with Gasteiger partial charge in [0.15, 0.2) is 0 Å². The summed E-state index contributed by atoms with van der Waals surface area (Å²) in [6, 6.07) is 14.3. The van der Waals surface area contributed by atoms with Crippen LogP contribution in [-0.2, 0) is 11.3 Å². The van der Waals surface area contributed by atoms with Crippen LogP contribution in [0.15, 0.2) is 48.5 Å². The summed E-state index contributed by atoms with van der Waals surface area (Å²) in [5, 5.41) is 3.28. The maximum Gasteiger partial charge on any atom is 0.227 e. The summed E-state index contributed by atoms with van der Waals surface area (Å²) in [6.45, 7) is 1.45. The average Bonchev–Trinajstić information content (AvgIpc) is 2.93. The molecule has 2 aromatic rings. The van der Waals surface area contributed by atoms with Crippen molar-refractivity contribution < 1.29 is 9.18 Å². The third kappa shape index (κ3) is 3.21. The standard InChI is InChI=1S/C17H17FN2O/c18-14-5-3-13(4-6-14)12-19-15-7-9-16(10-8-15)20-11-1-2-17(20)21/h3-10,19H,1-2,11-12H2. The van der Waals surface area contributed by atoms with Crippen molar-refractivity contribution in [1.82, 2.24) is 0 Å². The Morgan fingerprint density at radius 1 is 1.05 bits per heavy atom. The molecule has 0 bridgehead atoms. The number of benzene rings is 2. The minimum absolute atomic E-state index is 0.196. The molecule has 21 heavy (non-hydrogen) atoms. The van der Waals surface area contributed by atoms with E-state index in [1.54, 1.807) is 12.1 Å². The van der Waals surface area contributed by atoms with E-state index in [0.717, 1.165) is 29.9 Å². The summed E-state index contributed by atoms with van der Waals surface area (Å²) in [6.07, 6.45) is 1.58. The summed E-state index contributed by atoms with van der Waals surface area (Å²) >= 11 is 0. The number of nitrogens with zero attached hydrogens (tertiary/aromatic N) is 1. The Hall–Kier alpha value is -2.36. The van der Waals surface area contributed by atoms with Crippen LogP contribution < -0.4 is 10.2 Å². The molecule has 1 aliphatic rings. The lowest BCUT2D eigenvalue weighted by Gasteiger charge is -2.16. The van der Waals surface area contributed by atoms with Crippen molar-refractivity contribution >= 4 is 17.3 Å². The molecule has 0 aliphatic carbocycles. The highest BCUT2D eigenvalue weighted by atomic mass is 19.1. The molecule has 1 heterocycles. The lowest BCUT2D eigenvalue weighted by atomic mass is 10.2. The Morgan fingerprint density at radius 3 is 2.38 bits per heavy atom. The van der Waals surface area contributed by atoms with Crippen LogP contribution in [0, 0.1) is 5.82 Å². The summed E-state index contributed by atoms with van der Waals surface area (Å²) in [7, 11) is 0. The number of amides is 1. The first-order chi connectivity index (χ1) is 10.2. The van der Waals surface area contributed by atoms with Gasteiger partial charge in [-0.15, -0.1) is 0 Å². The van der Waals surface area contributed by atoms with Gasteiger partial charge in [0, 0.05) is 30.9 Å². The molecule has 1 saturated heterocycles. The molecule has 4 heteroatoms. The maximum absolute atomic E-state index is 12.8. The second kappa shape index (κ2) is 5.95. The largest absolute Gasteiger partial charge is 0.381 e. The Bertz CT molecular complexity index is 622. The molecule has 3 rings (SSSR count). The smallest absolute Gasteiger partial charge is 0.227 e. The predicted octanol–water partition coefficient (Wildman–Crippen LogP) is 3.56. The second-order valence-electron chi connectivity index (χ2n) is 5.18. The van der Waals surface area contributed by atoms with Crippen molar-refractivity contribution in [1.29, 1.82) is 0 Å². The summed E-state index contributed by atoms with van der Waals surface area (Å²) in [5.41, 5.74) is 2.95. The molecule has 0 spiro atoms. The minimum atomic E-state index is -0.224. The van der Waals surface area contributed by atoms with Crippen molar-refractivity contribution in [2.45, 2.75) is 19.4 Å². The first-order valence-electron chi connectivity index (χ1n) is 7.11. The number of hydrogen-bond donors (Lipinski definition) is 1. The van der Waals surface area contributed by atoms with Crippen molar-refractivity contribution in [3.8, 4) is 0 Å². The van der Waals surface area contributed by atoms with Crippen molar-refractivity contribution in [3.05, 3.63) is 59.9 Å². The zero-order valence-corrected chi connectivity index (χ0v) is 11.7. The van der Waals surface area contributed by atoms with Crippen LogP contribution in [-0.4, -0.2) is 12.5 Å². The van der Waals surface area contributed by atoms with Crippen molar-refractivity contribution in [3.63, 3.8) is 0 Å². The number of carbonyl (C=O) groups excluding carboxylic acids is 1. The summed E-state index contributed by atoms with van der Waals surface area (Å²) in [4.78, 5) is 13.5. The number of carbonyl (C=O) groups is 1. The van der Waals surface area contributed by atoms with Gasteiger partial charge in [0.05, 0.1) is 0 Å². The second-order valence-corrected chi connectivity index (χ2v) is 5.18. The molecular formula is C17H17FN2O. The molecule has 0 unspecified atom stereocenters. The van der Waals surface area contributed by atoms with Crippen LogP contribution in [0.25, 0.3) is 0 Å². The van der Waals surface area contributed by atoms with Gasteiger partial charge in [0.2, 0.25) is 5.91 Å². The lowest BCUT2D eigenvalue weighted by Crippen LogP contribution is -2.23. The molecule has 2 aromatic carbocycles. The fourth-order valence-electron chi connectivity index (χ4n) is 2.49. The van der Waals surface area contributed by atoms with Gasteiger partial charge in [-0.1, -0.05) is 12.1 Å². The van der Waals surface area contributed by atoms with E-state index in [2.05, 4.69) is 5.32 Å². The van der Waals surface area contributed by atoms with Gasteiger partial charge in [-0.25, -0.2) is 4.39 Å². The normalized spacial score (nSPS) is 14.5. The van der Waals surface area contributed by atoms with Gasteiger partial charge in [0.1, 0.15) is 5.82 Å². The molecule has 1 fully saturated rings. The summed E-state index contributed by atoms with van der Waals surface area (Å²) < 4.78 is 12.8. The topological polar surface area (TPSA) is 32.3 Å². The first-order valence-corrected chi connectivity index (χ1v) is 7.11. The molecule has 0 saturated carbocycles. The highest BCUT2D eigenvalue weighted by molar-refractivity contribution is 5.95. The van der Waals surface area contributed by atoms with E-state index in [1.165, 1.54) is 12.1 Å². The van der Waals surface area contributed by atoms with Gasteiger partial charge in [-0.2, -0.15) is 0 Å². The number of nitrogens with one attached hydrogen (secondary N) is 1. The van der Waals surface area contributed by atoms with Crippen LogP contribution >= 0.6 is 0 Å². The summed E-state index contributed by atoms with van der Waals surface area (Å²) in [5.74, 6) is -0.0274. The van der Waals surface area contributed by atoms with E-state index < -0.39 is 0 Å². The third-order valence-electron chi connectivity index (χ3n) is 3.66. The van der Waals surface area contributed by atoms with E-state index in [4.69, 9.17) is 0 Å². The maximum atomic E-state index is 12.8. The highest BCUT2D eigenvalue weighted by Crippen LogP contribution is 2.23. The molecule has 1 amide bonds. The fraction of sp³-hybridized carbons (Fsp3) is 0.235. The quantitative estimate of drug-likeness (QED) is 0.931. The average molecular weight is 284 g/mol. The van der Waals surface area contributed by atoms with Crippen LogP contribution in [0.3, 0.4) is 0 Å². The van der Waals surface area contributed by atoms with Crippen LogP contribution in [0.2, 0.25) is 0 Å². The van der Waals surface area contributed by atoms with Gasteiger partial charge in [0.25, 0.3) is 0 Å². The fourth-order valence-corrected chi connectivity index (χ4v) is 2.49. The molecule has 3 nitrogen and oxygen atoms in total. The van der Waals surface area contributed by atoms with E-state index >= 15 is 0 Å². The van der Waals surface area contributed by atoms with Crippen molar-refractivity contribution in [2.75, 3.05) is 16.8 Å². The van der Waals surface area contributed by atoms with Crippen molar-refractivity contribution in [2.24, 2.45) is 0 Å². The number of anilines is 2. The molecule has 0 atom stereocenters. The van der Waals surface area contributed by atoms with Gasteiger partial charge in [-0.05, 0) is 48.4 Å². The van der Waals surface area contributed by atoms with Crippen LogP contribution in [0.4, 0.5) is 15.8 Å². The molecule has 1 aliphatic heterocycles. The monoisotopic (exact) mass is 284 g/mol. The number of rotatable bonds is 4. The lowest BCUT2D eigenvalue weighted by molar-refractivity contribution is -0.117. The highest BCUT2D eigenvalue weighted by Gasteiger charge is 2.21. The van der Waals surface area contributed by atoms with E-state index in [0.29, 0.717) is 13.0 Å². The zero-order chi connectivity index (χ0) is 14.7. The number of hydrogen-bond acceptors (Lipinski definition) is 2. The SMILES string of the molecule is O=C1CCCN1c1ccc(NCc2ccc(F)cc2)cc1. The van der Waals surface area contributed by atoms with E-state index in [1.807, 2.05) is 29.2 Å². The third-order valence-corrected chi connectivity index (χ3v) is 3.66. The molecule has 0 radical (unpaired) electrons. The Kier molecular flexibility index (Phi) is 3.86. The molecule has 108 valence electrons. The van der Waals surface area contributed by atoms with E-state index in [9.17, 15) is 9.18 Å². The van der Waals surface area contributed by atoms with Gasteiger partial charge < -0.3 is 10.2 Å². The Balaban J connectivity index is 1.62. The number of halogens is 1. The van der Waals surface area contributed by atoms with Crippen LogP contribution in [0.1, 0.15) is 18.4 Å². The zero-order valence-electron chi connectivity index (χ0n) is 11.7. The van der Waals surface area contributed by atoms with Gasteiger partial charge in [-0.3, -0.25) is 4.79 Å². The van der Waals surface area contributed by atoms with Gasteiger partial charge >= 0.3 is 0 Å². The molecule has 1 N–H and O–H groups in total. The van der Waals surface area contributed by atoms with Crippen LogP contribution in [0.5, 0.6) is 0 Å². The molecular weight excluding hydrogens is 267 g/mol. The minimum Gasteiger partial charge on any atom is -0.381 e. The Labute approximate surface area is 123 Å². The van der Waals surface area contributed by atoms with E-state index in [-0.39, 0.29) is 11.7 Å².